The number of carbonyl (C=O) groups excluding carboxylic acids is 2. The van der Waals surface area contributed by atoms with Gasteiger partial charge in [-0.25, -0.2) is 0 Å². The highest BCUT2D eigenvalue weighted by atomic mass is 16.6. The van der Waals surface area contributed by atoms with Crippen molar-refractivity contribution in [2.75, 3.05) is 146 Å². The molecule has 14 nitrogen and oxygen atoms in total. The number of ether oxygens (including phenoxy) is 12. The summed E-state index contributed by atoms with van der Waals surface area (Å²) in [6.07, 6.45) is 20.4. The fourth-order valence-corrected chi connectivity index (χ4v) is 5.27. The third-order valence-corrected chi connectivity index (χ3v) is 8.50. The molecule has 0 N–H and O–H groups in total. The number of hydrogen-bond donors (Lipinski definition) is 0. The van der Waals surface area contributed by atoms with Gasteiger partial charge in [-0.3, -0.25) is 9.59 Å². The minimum absolute atomic E-state index is 0.134. The summed E-state index contributed by atoms with van der Waals surface area (Å²) in [6, 6.07) is 0. The fourth-order valence-electron chi connectivity index (χ4n) is 5.27. The van der Waals surface area contributed by atoms with Crippen LogP contribution in [-0.2, 0) is 66.4 Å². The first kappa shape index (κ1) is 54.5. The van der Waals surface area contributed by atoms with Crippen LogP contribution in [0.2, 0.25) is 0 Å². The minimum Gasteiger partial charge on any atom is -0.469 e. The van der Waals surface area contributed by atoms with Gasteiger partial charge in [-0.1, -0.05) is 96.8 Å². The first-order chi connectivity index (χ1) is 27.7. The number of rotatable bonds is 49. The van der Waals surface area contributed by atoms with E-state index in [1.165, 1.54) is 90.6 Å². The van der Waals surface area contributed by atoms with Gasteiger partial charge in [0.05, 0.1) is 146 Å². The van der Waals surface area contributed by atoms with E-state index in [-0.39, 0.29) is 25.0 Å². The van der Waals surface area contributed by atoms with E-state index in [4.69, 9.17) is 52.1 Å². The van der Waals surface area contributed by atoms with Gasteiger partial charge in [-0.05, 0) is 6.42 Å². The van der Waals surface area contributed by atoms with Gasteiger partial charge < -0.3 is 56.8 Å². The lowest BCUT2D eigenvalue weighted by Gasteiger charge is -2.09. The van der Waals surface area contributed by atoms with Crippen molar-refractivity contribution < 1.29 is 66.4 Å². The molecule has 0 aliphatic heterocycles. The lowest BCUT2D eigenvalue weighted by molar-refractivity contribution is -0.145. The van der Waals surface area contributed by atoms with Crippen molar-refractivity contribution in [1.29, 1.82) is 0 Å². The predicted molar refractivity (Wildman–Crippen MR) is 215 cm³/mol. The van der Waals surface area contributed by atoms with E-state index in [0.29, 0.717) is 139 Å². The third kappa shape index (κ3) is 48.7. The molecule has 0 heterocycles. The second kappa shape index (κ2) is 49.7. The normalized spacial score (nSPS) is 11.4. The second-order valence-corrected chi connectivity index (χ2v) is 13.4. The van der Waals surface area contributed by atoms with Crippen LogP contribution >= 0.6 is 0 Å². The maximum Gasteiger partial charge on any atom is 0.307 e. The minimum atomic E-state index is -0.287. The largest absolute Gasteiger partial charge is 0.469 e. The van der Waals surface area contributed by atoms with E-state index in [0.717, 1.165) is 12.8 Å². The Bertz CT molecular complexity index is 776. The molecule has 0 aromatic heterocycles. The maximum absolute atomic E-state index is 11.9. The summed E-state index contributed by atoms with van der Waals surface area (Å²) in [7, 11) is 1.35. The molecule has 0 aliphatic rings. The van der Waals surface area contributed by atoms with Gasteiger partial charge in [0.2, 0.25) is 0 Å². The first-order valence-corrected chi connectivity index (χ1v) is 21.7. The SMILES string of the molecule is CCCCCCCCCCCCCCCCCC(=O)OCCOCCOCCOCCOCCOCCOCCOCCOCCOCCOCCC(=O)OC. The Morgan fingerprint density at radius 2 is 0.536 bits per heavy atom. The summed E-state index contributed by atoms with van der Waals surface area (Å²) in [5, 5.41) is 0. The average molecular weight is 811 g/mol. The molecule has 14 heteroatoms. The highest BCUT2D eigenvalue weighted by molar-refractivity contribution is 5.69. The van der Waals surface area contributed by atoms with Gasteiger partial charge >= 0.3 is 11.9 Å². The Morgan fingerprint density at radius 3 is 0.821 bits per heavy atom. The highest BCUT2D eigenvalue weighted by Crippen LogP contribution is 2.14. The van der Waals surface area contributed by atoms with E-state index in [2.05, 4.69) is 11.7 Å². The highest BCUT2D eigenvalue weighted by Gasteiger charge is 2.03. The topological polar surface area (TPSA) is 145 Å². The molecule has 0 aromatic carbocycles. The van der Waals surface area contributed by atoms with Gasteiger partial charge in [0, 0.05) is 6.42 Å². The Morgan fingerprint density at radius 1 is 0.286 bits per heavy atom. The second-order valence-electron chi connectivity index (χ2n) is 13.4. The van der Waals surface area contributed by atoms with Gasteiger partial charge in [0.15, 0.2) is 0 Å². The van der Waals surface area contributed by atoms with Crippen LogP contribution in [-0.4, -0.2) is 158 Å². The summed E-state index contributed by atoms with van der Waals surface area (Å²) in [6.45, 7) is 11.9. The van der Waals surface area contributed by atoms with E-state index in [1.807, 2.05) is 0 Å². The molecule has 0 atom stereocenters. The summed E-state index contributed by atoms with van der Waals surface area (Å²) in [4.78, 5) is 22.8. The molecule has 0 rings (SSSR count). The van der Waals surface area contributed by atoms with E-state index < -0.39 is 0 Å². The van der Waals surface area contributed by atoms with Crippen molar-refractivity contribution in [3.8, 4) is 0 Å². The van der Waals surface area contributed by atoms with Crippen LogP contribution in [0.25, 0.3) is 0 Å². The Hall–Kier alpha value is -1.46. The number of esters is 2. The van der Waals surface area contributed by atoms with Crippen molar-refractivity contribution in [3.63, 3.8) is 0 Å². The molecule has 0 bridgehead atoms. The van der Waals surface area contributed by atoms with E-state index in [1.54, 1.807) is 0 Å². The molecule has 0 amide bonds. The van der Waals surface area contributed by atoms with Gasteiger partial charge in [0.25, 0.3) is 0 Å². The van der Waals surface area contributed by atoms with Gasteiger partial charge in [-0.2, -0.15) is 0 Å². The smallest absolute Gasteiger partial charge is 0.307 e. The van der Waals surface area contributed by atoms with Crippen LogP contribution in [0, 0.1) is 0 Å². The molecule has 334 valence electrons. The Kier molecular flexibility index (Phi) is 48.4. The molecule has 0 saturated carbocycles. The van der Waals surface area contributed by atoms with Crippen LogP contribution in [0.15, 0.2) is 0 Å². The standard InChI is InChI=1S/C42H82O14/c1-3-4-5-6-7-8-9-10-11-12-13-14-15-16-17-18-42(44)56-40-39-55-38-37-54-36-35-53-34-33-52-32-31-51-30-29-50-28-27-49-26-25-48-24-23-47-22-21-46-20-19-41(43)45-2/h3-40H2,1-2H3. The molecule has 0 aliphatic carbocycles. The molecule has 0 spiro atoms. The maximum atomic E-state index is 11.9. The summed E-state index contributed by atoms with van der Waals surface area (Å²) in [5.41, 5.74) is 0. The summed E-state index contributed by atoms with van der Waals surface area (Å²) < 4.78 is 64.3. The zero-order valence-electron chi connectivity index (χ0n) is 35.6. The van der Waals surface area contributed by atoms with E-state index >= 15 is 0 Å². The zero-order valence-corrected chi connectivity index (χ0v) is 35.6. The molecule has 0 fully saturated rings. The Labute approximate surface area is 339 Å². The molecular weight excluding hydrogens is 728 g/mol. The lowest BCUT2D eigenvalue weighted by Crippen LogP contribution is -2.15. The predicted octanol–water partition coefficient (Wildman–Crippen LogP) is 6.52. The van der Waals surface area contributed by atoms with Crippen molar-refractivity contribution in [2.24, 2.45) is 0 Å². The van der Waals surface area contributed by atoms with Crippen LogP contribution in [0.4, 0.5) is 0 Å². The monoisotopic (exact) mass is 811 g/mol. The Balaban J connectivity index is 3.13. The van der Waals surface area contributed by atoms with Gasteiger partial charge in [0.1, 0.15) is 6.61 Å². The van der Waals surface area contributed by atoms with Crippen LogP contribution in [0.5, 0.6) is 0 Å². The molecule has 56 heavy (non-hydrogen) atoms. The molecule has 0 unspecified atom stereocenters. The lowest BCUT2D eigenvalue weighted by atomic mass is 10.0. The number of hydrogen-bond acceptors (Lipinski definition) is 14. The van der Waals surface area contributed by atoms with Crippen molar-refractivity contribution in [2.45, 2.75) is 116 Å². The quantitative estimate of drug-likeness (QED) is 0.0486. The van der Waals surface area contributed by atoms with E-state index in [9.17, 15) is 9.59 Å². The fraction of sp³-hybridized carbons (Fsp3) is 0.952. The van der Waals surface area contributed by atoms with Crippen LogP contribution < -0.4 is 0 Å². The first-order valence-electron chi connectivity index (χ1n) is 21.7. The summed E-state index contributed by atoms with van der Waals surface area (Å²) >= 11 is 0. The number of unbranched alkanes of at least 4 members (excludes halogenated alkanes) is 14. The van der Waals surface area contributed by atoms with Crippen molar-refractivity contribution in [1.82, 2.24) is 0 Å². The molecule has 0 radical (unpaired) electrons. The van der Waals surface area contributed by atoms with Crippen LogP contribution in [0.3, 0.4) is 0 Å². The molecule has 0 saturated heterocycles. The van der Waals surface area contributed by atoms with Crippen LogP contribution in [0.1, 0.15) is 116 Å². The van der Waals surface area contributed by atoms with Gasteiger partial charge in [-0.15, -0.1) is 0 Å². The third-order valence-electron chi connectivity index (χ3n) is 8.50. The number of carbonyl (C=O) groups is 2. The van der Waals surface area contributed by atoms with Crippen molar-refractivity contribution in [3.05, 3.63) is 0 Å². The van der Waals surface area contributed by atoms with Crippen molar-refractivity contribution >= 4 is 11.9 Å². The average Bonchev–Trinajstić information content (AvgIpc) is 3.20. The summed E-state index contributed by atoms with van der Waals surface area (Å²) in [5.74, 6) is -0.421. The zero-order chi connectivity index (χ0) is 40.5. The molecular formula is C42H82O14. The number of methoxy groups -OCH3 is 1. The molecule has 0 aromatic rings.